The lowest BCUT2D eigenvalue weighted by atomic mass is 9.96. The Morgan fingerprint density at radius 1 is 1.38 bits per heavy atom. The molecule has 0 bridgehead atoms. The molecule has 0 radical (unpaired) electrons. The van der Waals surface area contributed by atoms with Gasteiger partial charge < -0.3 is 26.6 Å². The molecule has 0 heterocycles. The van der Waals surface area contributed by atoms with Gasteiger partial charge in [0, 0.05) is 37.4 Å². The first-order chi connectivity index (χ1) is 11.3. The van der Waals surface area contributed by atoms with Gasteiger partial charge in [-0.3, -0.25) is 4.79 Å². The van der Waals surface area contributed by atoms with Crippen LogP contribution in [0.1, 0.15) is 33.1 Å². The van der Waals surface area contributed by atoms with E-state index in [1.165, 1.54) is 6.08 Å². The number of nitrogens with two attached hydrogens (primary N) is 1. The molecule has 0 aliphatic heterocycles. The van der Waals surface area contributed by atoms with Crippen LogP contribution < -0.4 is 16.4 Å². The summed E-state index contributed by atoms with van der Waals surface area (Å²) in [4.78, 5) is 22.7. The maximum absolute atomic E-state index is 11.8. The monoisotopic (exact) mass is 361 g/mol. The number of carbonyl (C=O) groups excluding carboxylic acids is 1. The first-order valence-corrected chi connectivity index (χ1v) is 8.89. The molecular formula is C16H31N3O4S. The van der Waals surface area contributed by atoms with Gasteiger partial charge in [0.1, 0.15) is 6.04 Å². The highest BCUT2D eigenvalue weighted by Gasteiger charge is 2.18. The Labute approximate surface area is 149 Å². The highest BCUT2D eigenvalue weighted by molar-refractivity contribution is 7.80. The van der Waals surface area contributed by atoms with Crippen molar-refractivity contribution in [1.82, 2.24) is 10.6 Å². The summed E-state index contributed by atoms with van der Waals surface area (Å²) in [6.07, 6.45) is 4.67. The number of amides is 1. The van der Waals surface area contributed by atoms with Gasteiger partial charge in [0.15, 0.2) is 0 Å². The third-order valence-corrected chi connectivity index (χ3v) is 4.37. The highest BCUT2D eigenvalue weighted by Crippen LogP contribution is 2.11. The van der Waals surface area contributed by atoms with E-state index in [1.807, 2.05) is 0 Å². The minimum absolute atomic E-state index is 0.0203. The number of aliphatic hydroxyl groups excluding tert-OH is 1. The van der Waals surface area contributed by atoms with Gasteiger partial charge in [0.25, 0.3) is 0 Å². The molecule has 0 aliphatic carbocycles. The standard InChI is InChI=1S/C16H31N3O4S/c1-3-11(2)13(18-9-12(17)10-24)5-4-6-15(21)19-14(7-8-20)16(22)23/h4,6,11-14,18,20,24H,3,5,7-10,17H2,1-2H3,(H,19,21)(H,22,23)/t11-,12+,13-,14+/m0/s1. The molecule has 0 aromatic rings. The fraction of sp³-hybridized carbons (Fsp3) is 0.750. The molecule has 0 spiro atoms. The maximum Gasteiger partial charge on any atom is 0.326 e. The average Bonchev–Trinajstić information content (AvgIpc) is 2.56. The first-order valence-electron chi connectivity index (χ1n) is 8.26. The quantitative estimate of drug-likeness (QED) is 0.205. The van der Waals surface area contributed by atoms with Gasteiger partial charge in [-0.25, -0.2) is 4.79 Å². The molecule has 0 aromatic carbocycles. The van der Waals surface area contributed by atoms with E-state index in [4.69, 9.17) is 15.9 Å². The van der Waals surface area contributed by atoms with Crippen molar-refractivity contribution < 1.29 is 19.8 Å². The molecular weight excluding hydrogens is 330 g/mol. The van der Waals surface area contributed by atoms with Crippen molar-refractivity contribution >= 4 is 24.5 Å². The average molecular weight is 362 g/mol. The summed E-state index contributed by atoms with van der Waals surface area (Å²) in [5, 5.41) is 23.5. The zero-order chi connectivity index (χ0) is 18.5. The molecule has 0 aliphatic rings. The molecule has 0 rings (SSSR count). The van der Waals surface area contributed by atoms with E-state index in [2.05, 4.69) is 37.1 Å². The number of rotatable bonds is 13. The van der Waals surface area contributed by atoms with Gasteiger partial charge in [-0.2, -0.15) is 12.6 Å². The van der Waals surface area contributed by atoms with Crippen LogP contribution in [0.25, 0.3) is 0 Å². The normalized spacial score (nSPS) is 16.5. The molecule has 7 nitrogen and oxygen atoms in total. The fourth-order valence-corrected chi connectivity index (χ4v) is 2.23. The van der Waals surface area contributed by atoms with Gasteiger partial charge in [0.05, 0.1) is 0 Å². The Morgan fingerprint density at radius 3 is 2.54 bits per heavy atom. The minimum Gasteiger partial charge on any atom is -0.480 e. The molecule has 8 heteroatoms. The van der Waals surface area contributed by atoms with Crippen LogP contribution in [0.5, 0.6) is 0 Å². The Kier molecular flexibility index (Phi) is 12.6. The number of carboxylic acid groups (broad SMARTS) is 1. The topological polar surface area (TPSA) is 125 Å². The van der Waals surface area contributed by atoms with Gasteiger partial charge in [0.2, 0.25) is 5.91 Å². The van der Waals surface area contributed by atoms with Crippen molar-refractivity contribution in [3.63, 3.8) is 0 Å². The predicted molar refractivity (Wildman–Crippen MR) is 98.1 cm³/mol. The van der Waals surface area contributed by atoms with Crippen LogP contribution in [-0.4, -0.2) is 59.1 Å². The Morgan fingerprint density at radius 2 is 2.04 bits per heavy atom. The van der Waals surface area contributed by atoms with E-state index in [9.17, 15) is 9.59 Å². The molecule has 0 saturated heterocycles. The zero-order valence-corrected chi connectivity index (χ0v) is 15.3. The number of aliphatic hydroxyl groups is 1. The minimum atomic E-state index is -1.16. The highest BCUT2D eigenvalue weighted by atomic mass is 32.1. The van der Waals surface area contributed by atoms with Gasteiger partial charge in [-0.1, -0.05) is 26.3 Å². The summed E-state index contributed by atoms with van der Waals surface area (Å²) in [7, 11) is 0. The zero-order valence-electron chi connectivity index (χ0n) is 14.4. The fourth-order valence-electron chi connectivity index (χ4n) is 2.10. The van der Waals surface area contributed by atoms with Crippen LogP contribution >= 0.6 is 12.6 Å². The number of hydrogen-bond acceptors (Lipinski definition) is 6. The van der Waals surface area contributed by atoms with E-state index in [-0.39, 0.29) is 25.1 Å². The smallest absolute Gasteiger partial charge is 0.326 e. The van der Waals surface area contributed by atoms with Crippen molar-refractivity contribution in [3.05, 3.63) is 12.2 Å². The van der Waals surface area contributed by atoms with E-state index >= 15 is 0 Å². The first kappa shape index (κ1) is 22.9. The number of aliphatic carboxylic acids is 1. The summed E-state index contributed by atoms with van der Waals surface area (Å²) in [6, 6.07) is -0.927. The second-order valence-electron chi connectivity index (χ2n) is 5.89. The van der Waals surface area contributed by atoms with E-state index < -0.39 is 17.9 Å². The van der Waals surface area contributed by atoms with Crippen molar-refractivity contribution in [1.29, 1.82) is 0 Å². The van der Waals surface area contributed by atoms with E-state index in [0.29, 0.717) is 24.6 Å². The maximum atomic E-state index is 11.8. The third kappa shape index (κ3) is 9.92. The molecule has 6 N–H and O–H groups in total. The van der Waals surface area contributed by atoms with Gasteiger partial charge in [-0.15, -0.1) is 0 Å². The second kappa shape index (κ2) is 13.2. The Hall–Kier alpha value is -1.09. The van der Waals surface area contributed by atoms with E-state index in [0.717, 1.165) is 6.42 Å². The summed E-state index contributed by atoms with van der Waals surface area (Å²) < 4.78 is 0. The van der Waals surface area contributed by atoms with Gasteiger partial charge >= 0.3 is 5.97 Å². The molecule has 0 unspecified atom stereocenters. The number of nitrogens with one attached hydrogen (secondary N) is 2. The summed E-state index contributed by atoms with van der Waals surface area (Å²) >= 11 is 4.16. The number of thiol groups is 1. The van der Waals surface area contributed by atoms with Crippen molar-refractivity contribution in [2.24, 2.45) is 11.7 Å². The molecule has 0 fully saturated rings. The number of carbonyl (C=O) groups is 2. The Balaban J connectivity index is 4.51. The van der Waals surface area contributed by atoms with Crippen LogP contribution in [0.3, 0.4) is 0 Å². The van der Waals surface area contributed by atoms with Crippen LogP contribution in [-0.2, 0) is 9.59 Å². The third-order valence-electron chi connectivity index (χ3n) is 3.90. The van der Waals surface area contributed by atoms with Crippen LogP contribution in [0.2, 0.25) is 0 Å². The van der Waals surface area contributed by atoms with Crippen molar-refractivity contribution in [2.75, 3.05) is 18.9 Å². The molecule has 4 atom stereocenters. The summed E-state index contributed by atoms with van der Waals surface area (Å²) in [5.41, 5.74) is 5.85. The van der Waals surface area contributed by atoms with E-state index in [1.54, 1.807) is 6.08 Å². The molecule has 1 amide bonds. The molecule has 0 saturated carbocycles. The molecule has 140 valence electrons. The number of carboxylic acids is 1. The number of hydrogen-bond donors (Lipinski definition) is 6. The second-order valence-corrected chi connectivity index (χ2v) is 6.26. The van der Waals surface area contributed by atoms with Crippen LogP contribution in [0.15, 0.2) is 12.2 Å². The molecule has 24 heavy (non-hydrogen) atoms. The van der Waals surface area contributed by atoms with Crippen molar-refractivity contribution in [3.8, 4) is 0 Å². The summed E-state index contributed by atoms with van der Waals surface area (Å²) in [6.45, 7) is 4.57. The SMILES string of the molecule is CC[C@H](C)[C@H](CC=CC(=O)N[C@H](CCO)C(=O)O)NC[C@@H](N)CS. The lowest BCUT2D eigenvalue weighted by molar-refractivity contribution is -0.141. The Bertz CT molecular complexity index is 407. The van der Waals surface area contributed by atoms with Crippen LogP contribution in [0, 0.1) is 5.92 Å². The summed E-state index contributed by atoms with van der Waals surface area (Å²) in [5.74, 6) is -0.637. The lowest BCUT2D eigenvalue weighted by Gasteiger charge is -2.24. The largest absolute Gasteiger partial charge is 0.480 e. The lowest BCUT2D eigenvalue weighted by Crippen LogP contribution is -2.43. The molecule has 0 aromatic heterocycles. The van der Waals surface area contributed by atoms with Crippen LogP contribution in [0.4, 0.5) is 0 Å². The van der Waals surface area contributed by atoms with Crippen molar-refractivity contribution in [2.45, 2.75) is 51.2 Å². The predicted octanol–water partition coefficient (Wildman–Crippen LogP) is 0.146. The van der Waals surface area contributed by atoms with Gasteiger partial charge in [-0.05, 0) is 18.4 Å².